The van der Waals surface area contributed by atoms with E-state index >= 15 is 0 Å². The van der Waals surface area contributed by atoms with Crippen LogP contribution >= 0.6 is 0 Å². The molecular formula is C16H16N2O3. The molecule has 2 aromatic carbocycles. The molecule has 0 fully saturated rings. The molecule has 0 unspecified atom stereocenters. The first kappa shape index (κ1) is 14.6. The number of nitrogens with zero attached hydrogens (tertiary/aromatic N) is 1. The van der Waals surface area contributed by atoms with Crippen LogP contribution in [0.5, 0.6) is 11.5 Å². The van der Waals surface area contributed by atoms with Gasteiger partial charge in [-0.2, -0.15) is 5.10 Å². The molecule has 21 heavy (non-hydrogen) atoms. The van der Waals surface area contributed by atoms with E-state index in [4.69, 9.17) is 9.47 Å². The van der Waals surface area contributed by atoms with Crippen molar-refractivity contribution in [1.29, 1.82) is 0 Å². The second-order valence-electron chi connectivity index (χ2n) is 4.15. The van der Waals surface area contributed by atoms with Crippen molar-refractivity contribution in [1.82, 2.24) is 5.43 Å². The summed E-state index contributed by atoms with van der Waals surface area (Å²) in [6.45, 7) is 0. The van der Waals surface area contributed by atoms with Gasteiger partial charge in [0.1, 0.15) is 0 Å². The van der Waals surface area contributed by atoms with Crippen LogP contribution in [0.25, 0.3) is 0 Å². The van der Waals surface area contributed by atoms with Crippen molar-refractivity contribution < 1.29 is 14.3 Å². The largest absolute Gasteiger partial charge is 0.493 e. The lowest BCUT2D eigenvalue weighted by Crippen LogP contribution is -2.09. The molecule has 0 saturated heterocycles. The number of ether oxygens (including phenoxy) is 2. The van der Waals surface area contributed by atoms with Gasteiger partial charge in [0.2, 0.25) is 0 Å². The van der Waals surface area contributed by atoms with E-state index < -0.39 is 5.97 Å². The maximum absolute atomic E-state index is 12.0. The predicted octanol–water partition coefficient (Wildman–Crippen LogP) is 2.47. The van der Waals surface area contributed by atoms with E-state index in [1.807, 2.05) is 6.07 Å². The van der Waals surface area contributed by atoms with E-state index in [-0.39, 0.29) is 0 Å². The number of carbonyl (C=O) groups excluding carboxylic acids is 1. The maximum atomic E-state index is 12.0. The molecule has 2 rings (SSSR count). The van der Waals surface area contributed by atoms with E-state index in [1.54, 1.807) is 55.7 Å². The van der Waals surface area contributed by atoms with Crippen molar-refractivity contribution in [2.45, 2.75) is 0 Å². The maximum Gasteiger partial charge on any atom is 0.343 e. The smallest absolute Gasteiger partial charge is 0.343 e. The molecule has 0 bridgehead atoms. The standard InChI is InChI=1S/C16H16N2O3/c1-17-18-11-12-8-9-14(15(10-12)20-2)21-16(19)13-6-4-3-5-7-13/h3-11,17H,1-2H3/b18-11+. The SMILES string of the molecule is CN/N=C/c1ccc(OC(=O)c2ccccc2)c(OC)c1. The second-order valence-corrected chi connectivity index (χ2v) is 4.15. The molecular weight excluding hydrogens is 268 g/mol. The topological polar surface area (TPSA) is 59.9 Å². The van der Waals surface area contributed by atoms with Crippen LogP contribution < -0.4 is 14.9 Å². The Morgan fingerprint density at radius 1 is 1.14 bits per heavy atom. The van der Waals surface area contributed by atoms with Gasteiger partial charge in [0, 0.05) is 7.05 Å². The van der Waals surface area contributed by atoms with Gasteiger partial charge >= 0.3 is 5.97 Å². The number of rotatable bonds is 5. The van der Waals surface area contributed by atoms with Crippen LogP contribution in [-0.4, -0.2) is 26.3 Å². The van der Waals surface area contributed by atoms with Gasteiger partial charge in [-0.15, -0.1) is 0 Å². The van der Waals surface area contributed by atoms with Crippen molar-refractivity contribution in [2.75, 3.05) is 14.2 Å². The van der Waals surface area contributed by atoms with Crippen LogP contribution in [0.1, 0.15) is 15.9 Å². The van der Waals surface area contributed by atoms with E-state index in [0.29, 0.717) is 17.1 Å². The molecule has 0 saturated carbocycles. The van der Waals surface area contributed by atoms with Crippen molar-refractivity contribution >= 4 is 12.2 Å². The van der Waals surface area contributed by atoms with Crippen LogP contribution in [0.15, 0.2) is 53.6 Å². The number of esters is 1. The first-order valence-electron chi connectivity index (χ1n) is 6.39. The summed E-state index contributed by atoms with van der Waals surface area (Å²) in [6.07, 6.45) is 1.64. The fourth-order valence-corrected chi connectivity index (χ4v) is 1.72. The quantitative estimate of drug-likeness (QED) is 0.396. The van der Waals surface area contributed by atoms with Crippen molar-refractivity contribution in [3.05, 3.63) is 59.7 Å². The molecule has 5 heteroatoms. The highest BCUT2D eigenvalue weighted by molar-refractivity contribution is 5.91. The first-order chi connectivity index (χ1) is 10.2. The number of benzene rings is 2. The number of methoxy groups -OCH3 is 1. The number of carbonyl (C=O) groups is 1. The molecule has 0 radical (unpaired) electrons. The van der Waals surface area contributed by atoms with E-state index in [0.717, 1.165) is 5.56 Å². The van der Waals surface area contributed by atoms with Crippen LogP contribution in [0.2, 0.25) is 0 Å². The fourth-order valence-electron chi connectivity index (χ4n) is 1.72. The summed E-state index contributed by atoms with van der Waals surface area (Å²) in [5.74, 6) is 0.415. The Balaban J connectivity index is 2.20. The molecule has 0 aliphatic carbocycles. The van der Waals surface area contributed by atoms with Crippen molar-refractivity contribution in [2.24, 2.45) is 5.10 Å². The molecule has 0 spiro atoms. The summed E-state index contributed by atoms with van der Waals surface area (Å²) in [6, 6.07) is 14.0. The zero-order valence-electron chi connectivity index (χ0n) is 11.9. The third-order valence-electron chi connectivity index (χ3n) is 2.74. The Labute approximate surface area is 123 Å². The van der Waals surface area contributed by atoms with Crippen LogP contribution in [0, 0.1) is 0 Å². The Morgan fingerprint density at radius 3 is 2.57 bits per heavy atom. The Kier molecular flexibility index (Phi) is 4.93. The Bertz CT molecular complexity index is 639. The minimum Gasteiger partial charge on any atom is -0.493 e. The van der Waals surface area contributed by atoms with Crippen molar-refractivity contribution in [3.63, 3.8) is 0 Å². The summed E-state index contributed by atoms with van der Waals surface area (Å²) in [7, 11) is 3.23. The summed E-state index contributed by atoms with van der Waals surface area (Å²) < 4.78 is 10.6. The minimum absolute atomic E-state index is 0.368. The van der Waals surface area contributed by atoms with Gasteiger partial charge in [-0.05, 0) is 35.9 Å². The monoisotopic (exact) mass is 284 g/mol. The van der Waals surface area contributed by atoms with Gasteiger partial charge < -0.3 is 14.9 Å². The van der Waals surface area contributed by atoms with Gasteiger partial charge in [0.25, 0.3) is 0 Å². The number of hydrazone groups is 1. The van der Waals surface area contributed by atoms with Gasteiger partial charge in [-0.1, -0.05) is 18.2 Å². The average Bonchev–Trinajstić information content (AvgIpc) is 2.54. The van der Waals surface area contributed by atoms with Gasteiger partial charge in [0.05, 0.1) is 18.9 Å². The van der Waals surface area contributed by atoms with E-state index in [2.05, 4.69) is 10.5 Å². The molecule has 0 aliphatic rings. The lowest BCUT2D eigenvalue weighted by atomic mass is 10.2. The molecule has 1 N–H and O–H groups in total. The number of hydrogen-bond donors (Lipinski definition) is 1. The lowest BCUT2D eigenvalue weighted by Gasteiger charge is -2.09. The van der Waals surface area contributed by atoms with Gasteiger partial charge in [-0.25, -0.2) is 4.79 Å². The average molecular weight is 284 g/mol. The normalized spacial score (nSPS) is 10.4. The van der Waals surface area contributed by atoms with E-state index in [9.17, 15) is 4.79 Å². The summed E-state index contributed by atoms with van der Waals surface area (Å²) in [5, 5.41) is 3.92. The third kappa shape index (κ3) is 3.82. The minimum atomic E-state index is -0.425. The second kappa shape index (κ2) is 7.09. The first-order valence-corrected chi connectivity index (χ1v) is 6.39. The van der Waals surface area contributed by atoms with Crippen LogP contribution in [0.3, 0.4) is 0 Å². The van der Waals surface area contributed by atoms with Crippen LogP contribution in [-0.2, 0) is 0 Å². The fraction of sp³-hybridized carbons (Fsp3) is 0.125. The highest BCUT2D eigenvalue weighted by Crippen LogP contribution is 2.28. The molecule has 0 amide bonds. The summed E-state index contributed by atoms with van der Waals surface area (Å²) >= 11 is 0. The zero-order valence-corrected chi connectivity index (χ0v) is 11.9. The summed E-state index contributed by atoms with van der Waals surface area (Å²) in [4.78, 5) is 12.0. The molecule has 0 aromatic heterocycles. The highest BCUT2D eigenvalue weighted by Gasteiger charge is 2.12. The van der Waals surface area contributed by atoms with Crippen molar-refractivity contribution in [3.8, 4) is 11.5 Å². The zero-order chi connectivity index (χ0) is 15.1. The number of hydrogen-bond acceptors (Lipinski definition) is 5. The molecule has 0 heterocycles. The number of nitrogens with one attached hydrogen (secondary N) is 1. The summed E-state index contributed by atoms with van der Waals surface area (Å²) in [5.41, 5.74) is 3.99. The molecule has 0 aliphatic heterocycles. The molecule has 108 valence electrons. The lowest BCUT2D eigenvalue weighted by molar-refractivity contribution is 0.0729. The highest BCUT2D eigenvalue weighted by atomic mass is 16.6. The molecule has 5 nitrogen and oxygen atoms in total. The Morgan fingerprint density at radius 2 is 1.90 bits per heavy atom. The predicted molar refractivity (Wildman–Crippen MR) is 81.0 cm³/mol. The van der Waals surface area contributed by atoms with Gasteiger partial charge in [0.15, 0.2) is 11.5 Å². The Hall–Kier alpha value is -2.82. The third-order valence-corrected chi connectivity index (χ3v) is 2.74. The van der Waals surface area contributed by atoms with E-state index in [1.165, 1.54) is 7.11 Å². The molecule has 0 atom stereocenters. The molecule has 2 aromatic rings. The van der Waals surface area contributed by atoms with Crippen LogP contribution in [0.4, 0.5) is 0 Å². The van der Waals surface area contributed by atoms with Gasteiger partial charge in [-0.3, -0.25) is 0 Å².